The van der Waals surface area contributed by atoms with Gasteiger partial charge in [-0.1, -0.05) is 6.92 Å². The lowest BCUT2D eigenvalue weighted by Crippen LogP contribution is -2.43. The molecule has 0 radical (unpaired) electrons. The van der Waals surface area contributed by atoms with Crippen molar-refractivity contribution in [2.24, 2.45) is 12.8 Å². The van der Waals surface area contributed by atoms with Gasteiger partial charge >= 0.3 is 0 Å². The van der Waals surface area contributed by atoms with E-state index in [0.29, 0.717) is 6.04 Å². The van der Waals surface area contributed by atoms with Crippen molar-refractivity contribution in [3.8, 4) is 0 Å². The lowest BCUT2D eigenvalue weighted by atomic mass is 9.96. The highest BCUT2D eigenvalue weighted by atomic mass is 15.3. The van der Waals surface area contributed by atoms with Gasteiger partial charge in [0.15, 0.2) is 0 Å². The van der Waals surface area contributed by atoms with Crippen LogP contribution >= 0.6 is 0 Å². The van der Waals surface area contributed by atoms with Gasteiger partial charge in [0.05, 0.1) is 11.7 Å². The predicted molar refractivity (Wildman–Crippen MR) is 74.4 cm³/mol. The van der Waals surface area contributed by atoms with E-state index in [4.69, 9.17) is 5.73 Å². The zero-order valence-corrected chi connectivity index (χ0v) is 12.3. The lowest BCUT2D eigenvalue weighted by molar-refractivity contribution is 0.116. The van der Waals surface area contributed by atoms with Crippen molar-refractivity contribution in [2.45, 2.75) is 58.2 Å². The van der Waals surface area contributed by atoms with Crippen molar-refractivity contribution in [1.82, 2.24) is 14.7 Å². The number of nitrogens with zero attached hydrogens (tertiary/aromatic N) is 3. The predicted octanol–water partition coefficient (Wildman–Crippen LogP) is 1.86. The van der Waals surface area contributed by atoms with Crippen LogP contribution in [-0.4, -0.2) is 32.8 Å². The highest BCUT2D eigenvalue weighted by molar-refractivity contribution is 5.25. The summed E-state index contributed by atoms with van der Waals surface area (Å²) in [4.78, 5) is 2.52. The standard InChI is InChI=1S/C14H26N4/c1-6-12-10(9-17(5)16-12)13-11(15)7-8-18(13)14(2,3)4/h9,11,13H,6-8,15H2,1-5H3. The average Bonchev–Trinajstić information content (AvgIpc) is 2.80. The van der Waals surface area contributed by atoms with Crippen LogP contribution in [-0.2, 0) is 13.5 Å². The van der Waals surface area contributed by atoms with Gasteiger partial charge < -0.3 is 5.73 Å². The van der Waals surface area contributed by atoms with E-state index in [1.807, 2.05) is 11.7 Å². The second-order valence-electron chi connectivity index (χ2n) is 6.32. The summed E-state index contributed by atoms with van der Waals surface area (Å²) in [5, 5.41) is 4.56. The van der Waals surface area contributed by atoms with Crippen LogP contribution in [0, 0.1) is 0 Å². The number of nitrogens with two attached hydrogens (primary N) is 1. The number of hydrogen-bond acceptors (Lipinski definition) is 3. The van der Waals surface area contributed by atoms with E-state index < -0.39 is 0 Å². The zero-order chi connectivity index (χ0) is 13.5. The maximum Gasteiger partial charge on any atom is 0.0670 e. The first-order valence-electron chi connectivity index (χ1n) is 6.89. The van der Waals surface area contributed by atoms with Gasteiger partial charge in [0.2, 0.25) is 0 Å². The molecule has 1 aliphatic heterocycles. The van der Waals surface area contributed by atoms with Gasteiger partial charge in [-0.2, -0.15) is 5.10 Å². The van der Waals surface area contributed by atoms with E-state index in [1.165, 1.54) is 11.3 Å². The van der Waals surface area contributed by atoms with Gasteiger partial charge in [0, 0.05) is 36.9 Å². The highest BCUT2D eigenvalue weighted by Crippen LogP contribution is 2.37. The molecule has 0 amide bonds. The van der Waals surface area contributed by atoms with Crippen LogP contribution in [0.2, 0.25) is 0 Å². The number of aromatic nitrogens is 2. The SMILES string of the molecule is CCc1nn(C)cc1C1C(N)CCN1C(C)(C)C. The van der Waals surface area contributed by atoms with Crippen LogP contribution in [0.4, 0.5) is 0 Å². The molecule has 2 atom stereocenters. The molecule has 0 aromatic carbocycles. The number of aryl methyl sites for hydroxylation is 2. The van der Waals surface area contributed by atoms with E-state index in [1.54, 1.807) is 0 Å². The van der Waals surface area contributed by atoms with Gasteiger partial charge in [0.1, 0.15) is 0 Å². The van der Waals surface area contributed by atoms with E-state index >= 15 is 0 Å². The lowest BCUT2D eigenvalue weighted by Gasteiger charge is -2.38. The second kappa shape index (κ2) is 4.67. The minimum absolute atomic E-state index is 0.152. The van der Waals surface area contributed by atoms with Crippen LogP contribution in [0.3, 0.4) is 0 Å². The molecular weight excluding hydrogens is 224 g/mol. The molecule has 2 N–H and O–H groups in total. The third-order valence-electron chi connectivity index (χ3n) is 3.90. The Bertz CT molecular complexity index is 416. The topological polar surface area (TPSA) is 47.1 Å². The fourth-order valence-corrected chi connectivity index (χ4v) is 3.04. The summed E-state index contributed by atoms with van der Waals surface area (Å²) in [6.07, 6.45) is 4.19. The molecule has 102 valence electrons. The molecule has 4 heteroatoms. The summed E-state index contributed by atoms with van der Waals surface area (Å²) in [5.41, 5.74) is 9.01. The molecule has 0 saturated carbocycles. The van der Waals surface area contributed by atoms with Gasteiger partial charge in [-0.15, -0.1) is 0 Å². The maximum atomic E-state index is 6.35. The first-order valence-corrected chi connectivity index (χ1v) is 6.89. The molecule has 0 spiro atoms. The Morgan fingerprint density at radius 1 is 1.44 bits per heavy atom. The van der Waals surface area contributed by atoms with E-state index in [9.17, 15) is 0 Å². The van der Waals surface area contributed by atoms with Crippen molar-refractivity contribution in [2.75, 3.05) is 6.54 Å². The summed E-state index contributed by atoms with van der Waals surface area (Å²) in [6.45, 7) is 10.0. The Balaban J connectivity index is 2.39. The quantitative estimate of drug-likeness (QED) is 0.871. The Morgan fingerprint density at radius 2 is 2.11 bits per heavy atom. The smallest absolute Gasteiger partial charge is 0.0670 e. The molecule has 1 saturated heterocycles. The minimum atomic E-state index is 0.152. The monoisotopic (exact) mass is 250 g/mol. The summed E-state index contributed by atoms with van der Waals surface area (Å²) < 4.78 is 1.92. The van der Waals surface area contributed by atoms with Crippen molar-refractivity contribution < 1.29 is 0 Å². The van der Waals surface area contributed by atoms with Crippen LogP contribution in [0.5, 0.6) is 0 Å². The minimum Gasteiger partial charge on any atom is -0.326 e. The Morgan fingerprint density at radius 3 is 2.67 bits per heavy atom. The average molecular weight is 250 g/mol. The van der Waals surface area contributed by atoms with Crippen LogP contribution in [0.1, 0.15) is 51.4 Å². The molecule has 2 rings (SSSR count). The Labute approximate surface area is 110 Å². The summed E-state index contributed by atoms with van der Waals surface area (Å²) in [6, 6.07) is 0.535. The van der Waals surface area contributed by atoms with Crippen molar-refractivity contribution in [3.63, 3.8) is 0 Å². The molecule has 2 heterocycles. The van der Waals surface area contributed by atoms with Gasteiger partial charge in [-0.25, -0.2) is 0 Å². The molecule has 1 aromatic rings. The van der Waals surface area contributed by atoms with Gasteiger partial charge in [0.25, 0.3) is 0 Å². The molecule has 2 unspecified atom stereocenters. The van der Waals surface area contributed by atoms with Crippen LogP contribution < -0.4 is 5.73 Å². The Kier molecular flexibility index (Phi) is 3.52. The fraction of sp³-hybridized carbons (Fsp3) is 0.786. The summed E-state index contributed by atoms with van der Waals surface area (Å²) in [5.74, 6) is 0. The van der Waals surface area contributed by atoms with E-state index in [-0.39, 0.29) is 11.6 Å². The van der Waals surface area contributed by atoms with Crippen LogP contribution in [0.25, 0.3) is 0 Å². The first-order chi connectivity index (χ1) is 8.34. The van der Waals surface area contributed by atoms with Crippen molar-refractivity contribution in [1.29, 1.82) is 0 Å². The number of hydrogen-bond donors (Lipinski definition) is 1. The molecular formula is C14H26N4. The molecule has 0 bridgehead atoms. The van der Waals surface area contributed by atoms with Gasteiger partial charge in [-0.05, 0) is 33.6 Å². The molecule has 0 aliphatic carbocycles. The van der Waals surface area contributed by atoms with Crippen LogP contribution in [0.15, 0.2) is 6.20 Å². The number of rotatable bonds is 2. The fourth-order valence-electron chi connectivity index (χ4n) is 3.04. The molecule has 1 aliphatic rings. The third kappa shape index (κ3) is 2.31. The maximum absolute atomic E-state index is 6.35. The molecule has 4 nitrogen and oxygen atoms in total. The Hall–Kier alpha value is -0.870. The summed E-state index contributed by atoms with van der Waals surface area (Å²) in [7, 11) is 1.99. The highest BCUT2D eigenvalue weighted by Gasteiger charge is 2.40. The van der Waals surface area contributed by atoms with Crippen molar-refractivity contribution >= 4 is 0 Å². The largest absolute Gasteiger partial charge is 0.326 e. The number of likely N-dealkylation sites (tertiary alicyclic amines) is 1. The summed E-state index contributed by atoms with van der Waals surface area (Å²) >= 11 is 0. The third-order valence-corrected chi connectivity index (χ3v) is 3.90. The molecule has 1 fully saturated rings. The molecule has 1 aromatic heterocycles. The van der Waals surface area contributed by atoms with Gasteiger partial charge in [-0.3, -0.25) is 9.58 Å². The zero-order valence-electron chi connectivity index (χ0n) is 12.3. The van der Waals surface area contributed by atoms with E-state index in [0.717, 1.165) is 19.4 Å². The van der Waals surface area contributed by atoms with Crippen molar-refractivity contribution in [3.05, 3.63) is 17.5 Å². The molecule has 18 heavy (non-hydrogen) atoms. The second-order valence-corrected chi connectivity index (χ2v) is 6.32. The first kappa shape index (κ1) is 13.6. The normalized spacial score (nSPS) is 25.9. The van der Waals surface area contributed by atoms with E-state index in [2.05, 4.69) is 43.9 Å².